The zero-order valence-corrected chi connectivity index (χ0v) is 18.5. The molecule has 0 fully saturated rings. The Morgan fingerprint density at radius 3 is 2.80 bits per heavy atom. The number of carbonyl (C=O) groups is 2. The molecule has 0 saturated heterocycles. The fourth-order valence-electron chi connectivity index (χ4n) is 3.64. The molecule has 30 heavy (non-hydrogen) atoms. The molecule has 3 aromatic rings. The van der Waals surface area contributed by atoms with Gasteiger partial charge in [-0.1, -0.05) is 12.8 Å². The molecule has 1 aliphatic carbocycles. The predicted octanol–water partition coefficient (Wildman–Crippen LogP) is 4.35. The number of ether oxygens (including phenoxy) is 1. The van der Waals surface area contributed by atoms with Crippen LogP contribution in [0.15, 0.2) is 11.4 Å². The van der Waals surface area contributed by atoms with Crippen molar-refractivity contribution < 1.29 is 14.3 Å². The van der Waals surface area contributed by atoms with E-state index in [0.29, 0.717) is 28.0 Å². The van der Waals surface area contributed by atoms with Gasteiger partial charge in [0.05, 0.1) is 24.4 Å². The third kappa shape index (κ3) is 4.46. The number of nitrogens with one attached hydrogen (secondary N) is 1. The van der Waals surface area contributed by atoms with Gasteiger partial charge in [0, 0.05) is 16.5 Å². The van der Waals surface area contributed by atoms with E-state index < -0.39 is 0 Å². The van der Waals surface area contributed by atoms with Crippen LogP contribution in [-0.2, 0) is 28.8 Å². The van der Waals surface area contributed by atoms with Crippen LogP contribution in [0.5, 0.6) is 0 Å². The largest absolute Gasteiger partial charge is 0.466 e. The fraction of sp³-hybridized carbons (Fsp3) is 0.429. The third-order valence-corrected chi connectivity index (χ3v) is 7.03. The van der Waals surface area contributed by atoms with E-state index in [-0.39, 0.29) is 18.3 Å². The summed E-state index contributed by atoms with van der Waals surface area (Å²) in [6.45, 7) is 2.09. The van der Waals surface area contributed by atoms with Crippen molar-refractivity contribution in [2.75, 3.05) is 17.7 Å². The molecule has 9 heteroatoms. The molecule has 0 radical (unpaired) electrons. The Morgan fingerprint density at radius 1 is 1.20 bits per heavy atom. The summed E-state index contributed by atoms with van der Waals surface area (Å²) in [5, 5.41) is 5.81. The first-order valence-electron chi connectivity index (χ1n) is 10.2. The molecule has 7 nitrogen and oxygen atoms in total. The average Bonchev–Trinajstić information content (AvgIpc) is 3.26. The summed E-state index contributed by atoms with van der Waals surface area (Å²) < 4.78 is 4.93. The highest BCUT2D eigenvalue weighted by Gasteiger charge is 2.21. The summed E-state index contributed by atoms with van der Waals surface area (Å²) in [5.74, 6) is -0.643. The van der Waals surface area contributed by atoms with E-state index in [2.05, 4.69) is 16.4 Å². The number of rotatable bonds is 5. The topological polar surface area (TPSA) is 107 Å². The van der Waals surface area contributed by atoms with Gasteiger partial charge in [0.1, 0.15) is 9.71 Å². The van der Waals surface area contributed by atoms with Gasteiger partial charge in [-0.25, -0.2) is 9.97 Å². The Morgan fingerprint density at radius 2 is 2.00 bits per heavy atom. The summed E-state index contributed by atoms with van der Waals surface area (Å²) in [7, 11) is 0. The van der Waals surface area contributed by atoms with Crippen LogP contribution in [0, 0.1) is 0 Å². The molecule has 0 aromatic carbocycles. The first kappa shape index (κ1) is 20.7. The second-order valence-electron chi connectivity index (χ2n) is 7.29. The van der Waals surface area contributed by atoms with Gasteiger partial charge in [0.15, 0.2) is 5.13 Å². The number of hydrogen-bond acceptors (Lipinski definition) is 8. The highest BCUT2D eigenvalue weighted by Crippen LogP contribution is 2.35. The molecule has 3 heterocycles. The molecular formula is C21H24N4O3S2. The number of thiazole rings is 1. The Kier molecular flexibility index (Phi) is 6.29. The maximum atomic E-state index is 12.8. The minimum atomic E-state index is -0.337. The van der Waals surface area contributed by atoms with Gasteiger partial charge in [-0.3, -0.25) is 14.9 Å². The second-order valence-corrected chi connectivity index (χ2v) is 9.14. The van der Waals surface area contributed by atoms with Gasteiger partial charge < -0.3 is 10.5 Å². The summed E-state index contributed by atoms with van der Waals surface area (Å²) in [6.07, 6.45) is 6.88. The Bertz CT molecular complexity index is 1090. The monoisotopic (exact) mass is 444 g/mol. The van der Waals surface area contributed by atoms with Crippen LogP contribution in [0.4, 0.5) is 10.8 Å². The van der Waals surface area contributed by atoms with E-state index in [4.69, 9.17) is 15.5 Å². The molecule has 0 saturated carbocycles. The van der Waals surface area contributed by atoms with Gasteiger partial charge in [-0.15, -0.1) is 22.7 Å². The molecule has 0 aliphatic heterocycles. The van der Waals surface area contributed by atoms with E-state index in [1.54, 1.807) is 12.3 Å². The molecule has 1 amide bonds. The molecular weight excluding hydrogens is 420 g/mol. The van der Waals surface area contributed by atoms with Crippen LogP contribution in [0.25, 0.3) is 10.2 Å². The number of nitrogen functional groups attached to an aromatic ring is 1. The number of fused-ring (bicyclic) bond motifs is 2. The lowest BCUT2D eigenvalue weighted by molar-refractivity contribution is -0.142. The van der Waals surface area contributed by atoms with Crippen molar-refractivity contribution in [3.05, 3.63) is 33.3 Å². The molecule has 0 unspecified atom stereocenters. The van der Waals surface area contributed by atoms with E-state index in [1.807, 2.05) is 0 Å². The first-order chi connectivity index (χ1) is 14.5. The molecule has 0 atom stereocenters. The lowest BCUT2D eigenvalue weighted by Crippen LogP contribution is -2.12. The molecule has 1 aliphatic rings. The number of anilines is 2. The van der Waals surface area contributed by atoms with E-state index in [0.717, 1.165) is 41.6 Å². The van der Waals surface area contributed by atoms with E-state index in [9.17, 15) is 9.59 Å². The molecule has 158 valence electrons. The van der Waals surface area contributed by atoms with Crippen molar-refractivity contribution in [2.45, 2.75) is 51.9 Å². The van der Waals surface area contributed by atoms with E-state index in [1.165, 1.54) is 41.1 Å². The van der Waals surface area contributed by atoms with Crippen molar-refractivity contribution in [3.63, 3.8) is 0 Å². The zero-order chi connectivity index (χ0) is 21.1. The van der Waals surface area contributed by atoms with Crippen molar-refractivity contribution in [2.24, 2.45) is 0 Å². The van der Waals surface area contributed by atoms with Gasteiger partial charge in [-0.2, -0.15) is 0 Å². The van der Waals surface area contributed by atoms with Crippen molar-refractivity contribution >= 4 is 55.6 Å². The number of esters is 1. The maximum Gasteiger partial charge on any atom is 0.311 e. The van der Waals surface area contributed by atoms with Crippen LogP contribution in [0.1, 0.15) is 59.2 Å². The molecule has 0 spiro atoms. The number of hydrogen-bond donors (Lipinski definition) is 2. The number of carbonyl (C=O) groups excluding carboxylic acids is 2. The van der Waals surface area contributed by atoms with Gasteiger partial charge in [0.2, 0.25) is 0 Å². The summed E-state index contributed by atoms with van der Waals surface area (Å²) >= 11 is 2.58. The zero-order valence-electron chi connectivity index (χ0n) is 16.8. The van der Waals surface area contributed by atoms with Crippen LogP contribution in [-0.4, -0.2) is 28.5 Å². The molecule has 4 rings (SSSR count). The average molecular weight is 445 g/mol. The van der Waals surface area contributed by atoms with Gasteiger partial charge in [0.25, 0.3) is 5.91 Å². The second kappa shape index (κ2) is 9.09. The number of nitrogens with zero attached hydrogens (tertiary/aromatic N) is 2. The number of pyridine rings is 1. The lowest BCUT2D eigenvalue weighted by Gasteiger charge is -2.12. The Labute approximate surface area is 182 Å². The first-order valence-corrected chi connectivity index (χ1v) is 11.9. The highest BCUT2D eigenvalue weighted by molar-refractivity contribution is 7.21. The summed E-state index contributed by atoms with van der Waals surface area (Å²) in [5.41, 5.74) is 9.76. The normalized spacial score (nSPS) is 14.0. The lowest BCUT2D eigenvalue weighted by atomic mass is 9.96. The van der Waals surface area contributed by atoms with Crippen LogP contribution < -0.4 is 11.1 Å². The fourth-order valence-corrected chi connectivity index (χ4v) is 5.34. The summed E-state index contributed by atoms with van der Waals surface area (Å²) in [6, 6.07) is 2.12. The number of thiophene rings is 1. The van der Waals surface area contributed by atoms with Gasteiger partial charge in [-0.05, 0) is 44.2 Å². The maximum absolute atomic E-state index is 12.8. The third-order valence-electron chi connectivity index (χ3n) is 5.11. The van der Waals surface area contributed by atoms with Crippen LogP contribution in [0.3, 0.4) is 0 Å². The molecule has 3 N–H and O–H groups in total. The van der Waals surface area contributed by atoms with Crippen molar-refractivity contribution in [1.82, 2.24) is 9.97 Å². The number of nitrogens with two attached hydrogens (primary N) is 1. The minimum Gasteiger partial charge on any atom is -0.466 e. The number of amides is 1. The Balaban J connectivity index is 1.54. The number of aromatic nitrogens is 2. The molecule has 3 aromatic heterocycles. The Hall–Kier alpha value is -2.52. The van der Waals surface area contributed by atoms with Crippen molar-refractivity contribution in [3.8, 4) is 0 Å². The van der Waals surface area contributed by atoms with Crippen LogP contribution >= 0.6 is 22.7 Å². The smallest absolute Gasteiger partial charge is 0.311 e. The predicted molar refractivity (Wildman–Crippen MR) is 120 cm³/mol. The molecule has 0 bridgehead atoms. The van der Waals surface area contributed by atoms with Gasteiger partial charge >= 0.3 is 5.97 Å². The highest BCUT2D eigenvalue weighted by atomic mass is 32.1. The minimum absolute atomic E-state index is 0.0840. The van der Waals surface area contributed by atoms with E-state index >= 15 is 0 Å². The van der Waals surface area contributed by atoms with Crippen LogP contribution in [0.2, 0.25) is 0 Å². The van der Waals surface area contributed by atoms with Crippen molar-refractivity contribution in [1.29, 1.82) is 0 Å². The standard InChI is InChI=1S/C21H24N4O3S2/c1-2-28-16(26)10-13-11-29-21(23-13)25-19(27)18-17(22)14-9-12-7-5-3-4-6-8-15(12)24-20(14)30-18/h9,11H,2-8,10,22H2,1H3,(H,23,25,27). The SMILES string of the molecule is CCOC(=O)Cc1csc(NC(=O)c2sc3nc4c(cc3c2N)CCCCCC4)n1. The number of aryl methyl sites for hydroxylation is 2. The summed E-state index contributed by atoms with van der Waals surface area (Å²) in [4.78, 5) is 34.8. The quantitative estimate of drug-likeness (QED) is 0.567.